The highest BCUT2D eigenvalue weighted by Crippen LogP contribution is 2.31. The molecule has 1 heterocycles. The fourth-order valence-corrected chi connectivity index (χ4v) is 3.38. The van der Waals surface area contributed by atoms with Crippen LogP contribution in [0.25, 0.3) is 16.7 Å². The van der Waals surface area contributed by atoms with E-state index in [-0.39, 0.29) is 0 Å². The smallest absolute Gasteiger partial charge is 0.328 e. The van der Waals surface area contributed by atoms with Gasteiger partial charge in [0, 0.05) is 25.4 Å². The number of carboxylic acid groups (broad SMARTS) is 1. The first kappa shape index (κ1) is 16.3. The SMILES string of the molecule is CC/C(=C\C(=O)O)c1ccc(-c2ccc3c(c2)CCCN3C)cc1. The lowest BCUT2D eigenvalue weighted by atomic mass is 9.95. The van der Waals surface area contributed by atoms with E-state index in [9.17, 15) is 4.79 Å². The number of allylic oxidation sites excluding steroid dienone is 1. The second kappa shape index (κ2) is 6.91. The molecule has 0 aliphatic carbocycles. The summed E-state index contributed by atoms with van der Waals surface area (Å²) in [7, 11) is 2.15. The minimum absolute atomic E-state index is 0.705. The monoisotopic (exact) mass is 321 g/mol. The molecule has 24 heavy (non-hydrogen) atoms. The Kier molecular flexibility index (Phi) is 4.70. The van der Waals surface area contributed by atoms with Crippen LogP contribution < -0.4 is 4.90 Å². The van der Waals surface area contributed by atoms with E-state index in [0.29, 0.717) is 6.42 Å². The molecule has 0 fully saturated rings. The third-order valence-corrected chi connectivity index (χ3v) is 4.70. The lowest BCUT2D eigenvalue weighted by Gasteiger charge is -2.27. The maximum Gasteiger partial charge on any atom is 0.328 e. The van der Waals surface area contributed by atoms with Crippen molar-refractivity contribution in [1.29, 1.82) is 0 Å². The molecule has 3 heteroatoms. The molecule has 124 valence electrons. The molecular formula is C21H23NO2. The van der Waals surface area contributed by atoms with E-state index in [1.165, 1.54) is 34.9 Å². The van der Waals surface area contributed by atoms with Gasteiger partial charge in [-0.1, -0.05) is 37.3 Å². The zero-order valence-electron chi connectivity index (χ0n) is 14.2. The van der Waals surface area contributed by atoms with E-state index in [4.69, 9.17) is 5.11 Å². The molecule has 3 nitrogen and oxygen atoms in total. The number of benzene rings is 2. The molecule has 0 saturated heterocycles. The number of carbonyl (C=O) groups is 1. The number of hydrogen-bond acceptors (Lipinski definition) is 2. The molecule has 0 bridgehead atoms. The van der Waals surface area contributed by atoms with Gasteiger partial charge in [-0.15, -0.1) is 0 Å². The fraction of sp³-hybridized carbons (Fsp3) is 0.286. The molecule has 0 saturated carbocycles. The van der Waals surface area contributed by atoms with Gasteiger partial charge < -0.3 is 10.0 Å². The zero-order valence-corrected chi connectivity index (χ0v) is 14.2. The third kappa shape index (κ3) is 3.35. The van der Waals surface area contributed by atoms with E-state index >= 15 is 0 Å². The van der Waals surface area contributed by atoms with Crippen molar-refractivity contribution in [3.63, 3.8) is 0 Å². The summed E-state index contributed by atoms with van der Waals surface area (Å²) < 4.78 is 0. The first-order valence-corrected chi connectivity index (χ1v) is 8.47. The summed E-state index contributed by atoms with van der Waals surface area (Å²) in [6, 6.07) is 14.8. The van der Waals surface area contributed by atoms with Crippen molar-refractivity contribution in [2.24, 2.45) is 0 Å². The summed E-state index contributed by atoms with van der Waals surface area (Å²) in [5.74, 6) is -0.894. The Bertz CT molecular complexity index is 775. The van der Waals surface area contributed by atoms with Gasteiger partial charge in [-0.05, 0) is 59.2 Å². The van der Waals surface area contributed by atoms with Gasteiger partial charge >= 0.3 is 5.97 Å². The zero-order chi connectivity index (χ0) is 17.1. The van der Waals surface area contributed by atoms with Crippen LogP contribution in [0.15, 0.2) is 48.5 Å². The molecular weight excluding hydrogens is 298 g/mol. The molecule has 0 aromatic heterocycles. The minimum atomic E-state index is -0.894. The van der Waals surface area contributed by atoms with Gasteiger partial charge in [0.2, 0.25) is 0 Å². The second-order valence-electron chi connectivity index (χ2n) is 6.31. The van der Waals surface area contributed by atoms with Crippen LogP contribution in [0.4, 0.5) is 5.69 Å². The Morgan fingerprint density at radius 3 is 2.54 bits per heavy atom. The summed E-state index contributed by atoms with van der Waals surface area (Å²) in [6.45, 7) is 3.10. The van der Waals surface area contributed by atoms with E-state index in [1.807, 2.05) is 19.1 Å². The van der Waals surface area contributed by atoms with E-state index in [1.54, 1.807) is 0 Å². The third-order valence-electron chi connectivity index (χ3n) is 4.70. The predicted octanol–water partition coefficient (Wildman–Crippen LogP) is 4.61. The van der Waals surface area contributed by atoms with Crippen LogP contribution in [-0.2, 0) is 11.2 Å². The first-order valence-electron chi connectivity index (χ1n) is 8.47. The van der Waals surface area contributed by atoms with Crippen molar-refractivity contribution in [2.45, 2.75) is 26.2 Å². The fourth-order valence-electron chi connectivity index (χ4n) is 3.38. The molecule has 3 rings (SSSR count). The quantitative estimate of drug-likeness (QED) is 0.836. The number of aryl methyl sites for hydroxylation is 1. The number of carboxylic acids is 1. The lowest BCUT2D eigenvalue weighted by molar-refractivity contribution is -0.131. The number of nitrogens with zero attached hydrogens (tertiary/aromatic N) is 1. The predicted molar refractivity (Wildman–Crippen MR) is 99.4 cm³/mol. The van der Waals surface area contributed by atoms with Crippen molar-refractivity contribution in [3.05, 3.63) is 59.7 Å². The molecule has 0 amide bonds. The first-order chi connectivity index (χ1) is 11.6. The van der Waals surface area contributed by atoms with Crippen LogP contribution in [0.1, 0.15) is 30.9 Å². The van der Waals surface area contributed by atoms with Crippen LogP contribution >= 0.6 is 0 Å². The summed E-state index contributed by atoms with van der Waals surface area (Å²) in [6.07, 6.45) is 4.33. The molecule has 0 atom stereocenters. The number of fused-ring (bicyclic) bond motifs is 1. The Hall–Kier alpha value is -2.55. The summed E-state index contributed by atoms with van der Waals surface area (Å²) in [5.41, 5.74) is 6.95. The molecule has 2 aromatic rings. The van der Waals surface area contributed by atoms with Gasteiger partial charge in [-0.25, -0.2) is 4.79 Å². The molecule has 1 aliphatic heterocycles. The largest absolute Gasteiger partial charge is 0.478 e. The number of aliphatic carboxylic acids is 1. The van der Waals surface area contributed by atoms with Crippen molar-refractivity contribution in [3.8, 4) is 11.1 Å². The van der Waals surface area contributed by atoms with E-state index in [0.717, 1.165) is 24.1 Å². The maximum absolute atomic E-state index is 10.9. The Labute approximate surface area is 143 Å². The second-order valence-corrected chi connectivity index (χ2v) is 6.31. The van der Waals surface area contributed by atoms with Crippen molar-refractivity contribution >= 4 is 17.2 Å². The maximum atomic E-state index is 10.9. The topological polar surface area (TPSA) is 40.5 Å². The summed E-state index contributed by atoms with van der Waals surface area (Å²) in [5, 5.41) is 8.96. The average Bonchev–Trinajstić information content (AvgIpc) is 2.59. The van der Waals surface area contributed by atoms with Crippen LogP contribution in [0.5, 0.6) is 0 Å². The highest BCUT2D eigenvalue weighted by atomic mass is 16.4. The van der Waals surface area contributed by atoms with Crippen LogP contribution in [0.2, 0.25) is 0 Å². The highest BCUT2D eigenvalue weighted by molar-refractivity contribution is 5.90. The average molecular weight is 321 g/mol. The number of rotatable bonds is 4. The van der Waals surface area contributed by atoms with Gasteiger partial charge in [0.15, 0.2) is 0 Å². The van der Waals surface area contributed by atoms with Gasteiger partial charge in [0.05, 0.1) is 0 Å². The van der Waals surface area contributed by atoms with Crippen molar-refractivity contribution in [2.75, 3.05) is 18.5 Å². The van der Waals surface area contributed by atoms with Gasteiger partial charge in [0.25, 0.3) is 0 Å². The number of anilines is 1. The van der Waals surface area contributed by atoms with Crippen LogP contribution in [0.3, 0.4) is 0 Å². The Morgan fingerprint density at radius 1 is 1.17 bits per heavy atom. The normalized spacial score (nSPS) is 14.4. The Balaban J connectivity index is 1.90. The number of hydrogen-bond donors (Lipinski definition) is 1. The van der Waals surface area contributed by atoms with Gasteiger partial charge in [-0.3, -0.25) is 0 Å². The molecule has 0 spiro atoms. The van der Waals surface area contributed by atoms with Crippen LogP contribution in [-0.4, -0.2) is 24.7 Å². The standard InChI is InChI=1S/C21H23NO2/c1-3-15(14-21(23)24)16-6-8-17(9-7-16)18-10-11-20-19(13-18)5-4-12-22(20)2/h6-11,13-14H,3-5,12H2,1-2H3,(H,23,24)/b15-14+. The van der Waals surface area contributed by atoms with E-state index < -0.39 is 5.97 Å². The molecule has 1 aliphatic rings. The Morgan fingerprint density at radius 2 is 1.88 bits per heavy atom. The molecule has 1 N–H and O–H groups in total. The van der Waals surface area contributed by atoms with E-state index in [2.05, 4.69) is 42.3 Å². The van der Waals surface area contributed by atoms with Crippen molar-refractivity contribution < 1.29 is 9.90 Å². The van der Waals surface area contributed by atoms with Crippen LogP contribution in [0, 0.1) is 0 Å². The highest BCUT2D eigenvalue weighted by Gasteiger charge is 2.14. The van der Waals surface area contributed by atoms with Gasteiger partial charge in [0.1, 0.15) is 0 Å². The molecule has 0 radical (unpaired) electrons. The van der Waals surface area contributed by atoms with Gasteiger partial charge in [-0.2, -0.15) is 0 Å². The van der Waals surface area contributed by atoms with Crippen molar-refractivity contribution in [1.82, 2.24) is 0 Å². The summed E-state index contributed by atoms with van der Waals surface area (Å²) in [4.78, 5) is 13.2. The minimum Gasteiger partial charge on any atom is -0.478 e. The lowest BCUT2D eigenvalue weighted by Crippen LogP contribution is -2.24. The molecule has 0 unspecified atom stereocenters. The molecule has 2 aromatic carbocycles. The summed E-state index contributed by atoms with van der Waals surface area (Å²) >= 11 is 0.